The fourth-order valence-electron chi connectivity index (χ4n) is 3.79. The smallest absolute Gasteiger partial charge is 0.244 e. The maximum atomic E-state index is 13.7. The van der Waals surface area contributed by atoms with Crippen LogP contribution < -0.4 is 9.62 Å². The number of carbonyl (C=O) groups excluding carboxylic acids is 2. The molecule has 2 aromatic carbocycles. The van der Waals surface area contributed by atoms with Crippen molar-refractivity contribution in [1.82, 2.24) is 10.2 Å². The van der Waals surface area contributed by atoms with E-state index in [4.69, 9.17) is 0 Å². The number of carbonyl (C=O) groups is 2. The van der Waals surface area contributed by atoms with Crippen molar-refractivity contribution in [2.45, 2.75) is 65.6 Å². The van der Waals surface area contributed by atoms with Crippen LogP contribution in [0.2, 0.25) is 0 Å². The molecule has 0 bridgehead atoms. The van der Waals surface area contributed by atoms with Gasteiger partial charge < -0.3 is 10.2 Å². The molecule has 0 aliphatic heterocycles. The second kappa shape index (κ2) is 12.6. The van der Waals surface area contributed by atoms with Crippen molar-refractivity contribution in [1.29, 1.82) is 0 Å². The monoisotopic (exact) mass is 487 g/mol. The first-order valence-corrected chi connectivity index (χ1v) is 13.7. The molecule has 2 amide bonds. The SMILES string of the molecule is CCc1ccccc1N(CC(=O)N(Cc1ccccc1)C(CC)C(=O)NC(C)CC)S(C)(=O)=O. The molecule has 0 spiro atoms. The third kappa shape index (κ3) is 7.32. The highest BCUT2D eigenvalue weighted by Crippen LogP contribution is 2.24. The van der Waals surface area contributed by atoms with E-state index in [0.29, 0.717) is 18.5 Å². The minimum absolute atomic E-state index is 0.0285. The zero-order valence-corrected chi connectivity index (χ0v) is 21.6. The first-order valence-electron chi connectivity index (χ1n) is 11.8. The molecule has 0 aliphatic rings. The lowest BCUT2D eigenvalue weighted by Gasteiger charge is -2.33. The van der Waals surface area contributed by atoms with Crippen molar-refractivity contribution in [2.75, 3.05) is 17.1 Å². The van der Waals surface area contributed by atoms with Crippen molar-refractivity contribution in [2.24, 2.45) is 0 Å². The summed E-state index contributed by atoms with van der Waals surface area (Å²) in [6.45, 7) is 7.52. The Bertz CT molecular complexity index is 1060. The summed E-state index contributed by atoms with van der Waals surface area (Å²) < 4.78 is 26.6. The van der Waals surface area contributed by atoms with Crippen molar-refractivity contribution < 1.29 is 18.0 Å². The first kappa shape index (κ1) is 27.4. The van der Waals surface area contributed by atoms with Crippen LogP contribution in [0.1, 0.15) is 51.7 Å². The van der Waals surface area contributed by atoms with Gasteiger partial charge in [0.25, 0.3) is 0 Å². The van der Waals surface area contributed by atoms with Crippen LogP contribution >= 0.6 is 0 Å². The minimum atomic E-state index is -3.74. The molecule has 2 rings (SSSR count). The van der Waals surface area contributed by atoms with Crippen LogP contribution in [0.15, 0.2) is 54.6 Å². The Morgan fingerprint density at radius 2 is 1.56 bits per heavy atom. The molecule has 1 N–H and O–H groups in total. The molecule has 0 saturated carbocycles. The van der Waals surface area contributed by atoms with E-state index in [1.165, 1.54) is 4.90 Å². The minimum Gasteiger partial charge on any atom is -0.352 e. The lowest BCUT2D eigenvalue weighted by atomic mass is 10.1. The molecule has 186 valence electrons. The van der Waals surface area contributed by atoms with E-state index in [-0.39, 0.29) is 25.0 Å². The van der Waals surface area contributed by atoms with Gasteiger partial charge in [-0.1, -0.05) is 69.3 Å². The molecular weight excluding hydrogens is 450 g/mol. The van der Waals surface area contributed by atoms with Crippen molar-refractivity contribution >= 4 is 27.5 Å². The Labute approximate surface area is 204 Å². The Kier molecular flexibility index (Phi) is 10.1. The number of benzene rings is 2. The Morgan fingerprint density at radius 1 is 0.941 bits per heavy atom. The number of nitrogens with one attached hydrogen (secondary N) is 1. The quantitative estimate of drug-likeness (QED) is 0.494. The lowest BCUT2D eigenvalue weighted by Crippen LogP contribution is -2.53. The van der Waals surface area contributed by atoms with Gasteiger partial charge in [-0.2, -0.15) is 0 Å². The maximum Gasteiger partial charge on any atom is 0.244 e. The molecule has 0 fully saturated rings. The lowest BCUT2D eigenvalue weighted by molar-refractivity contribution is -0.140. The van der Waals surface area contributed by atoms with E-state index >= 15 is 0 Å². The van der Waals surface area contributed by atoms with Crippen LogP contribution in [-0.2, 0) is 32.6 Å². The van der Waals surface area contributed by atoms with Gasteiger partial charge in [-0.15, -0.1) is 0 Å². The molecule has 0 radical (unpaired) electrons. The maximum absolute atomic E-state index is 13.7. The normalized spacial score (nSPS) is 13.1. The number of hydrogen-bond donors (Lipinski definition) is 1. The number of para-hydroxylation sites is 1. The van der Waals surface area contributed by atoms with E-state index in [9.17, 15) is 18.0 Å². The zero-order chi connectivity index (χ0) is 25.3. The molecular formula is C26H37N3O4S. The Hall–Kier alpha value is -2.87. The highest BCUT2D eigenvalue weighted by Gasteiger charge is 2.32. The van der Waals surface area contributed by atoms with Gasteiger partial charge in [0.1, 0.15) is 12.6 Å². The summed E-state index contributed by atoms with van der Waals surface area (Å²) >= 11 is 0. The number of hydrogen-bond acceptors (Lipinski definition) is 4. The summed E-state index contributed by atoms with van der Waals surface area (Å²) in [5, 5.41) is 2.97. The number of amides is 2. The van der Waals surface area contributed by atoms with Crippen LogP contribution in [0.4, 0.5) is 5.69 Å². The third-order valence-corrected chi connectivity index (χ3v) is 7.03. The fraction of sp³-hybridized carbons (Fsp3) is 0.462. The summed E-state index contributed by atoms with van der Waals surface area (Å²) in [4.78, 5) is 28.3. The molecule has 0 aromatic heterocycles. The molecule has 0 aliphatic carbocycles. The van der Waals surface area contributed by atoms with Crippen LogP contribution in [0.3, 0.4) is 0 Å². The topological polar surface area (TPSA) is 86.8 Å². The Balaban J connectivity index is 2.45. The predicted octanol–water partition coefficient (Wildman–Crippen LogP) is 3.74. The fourth-order valence-corrected chi connectivity index (χ4v) is 4.67. The van der Waals surface area contributed by atoms with E-state index in [1.807, 2.05) is 70.2 Å². The highest BCUT2D eigenvalue weighted by molar-refractivity contribution is 7.92. The summed E-state index contributed by atoms with van der Waals surface area (Å²) in [6, 6.07) is 15.8. The highest BCUT2D eigenvalue weighted by atomic mass is 32.2. The molecule has 0 heterocycles. The second-order valence-electron chi connectivity index (χ2n) is 8.50. The van der Waals surface area contributed by atoms with Crippen LogP contribution in [-0.4, -0.2) is 50.0 Å². The summed E-state index contributed by atoms with van der Waals surface area (Å²) in [7, 11) is -3.74. The summed E-state index contributed by atoms with van der Waals surface area (Å²) in [5.74, 6) is -0.660. The van der Waals surface area contributed by atoms with E-state index in [0.717, 1.165) is 28.1 Å². The number of sulfonamides is 1. The van der Waals surface area contributed by atoms with E-state index in [1.54, 1.807) is 12.1 Å². The third-order valence-electron chi connectivity index (χ3n) is 5.90. The largest absolute Gasteiger partial charge is 0.352 e. The number of anilines is 1. The molecule has 2 aromatic rings. The predicted molar refractivity (Wildman–Crippen MR) is 137 cm³/mol. The number of aryl methyl sites for hydroxylation is 1. The van der Waals surface area contributed by atoms with Gasteiger partial charge in [-0.3, -0.25) is 13.9 Å². The van der Waals surface area contributed by atoms with Crippen molar-refractivity contribution in [3.8, 4) is 0 Å². The average molecular weight is 488 g/mol. The molecule has 0 saturated heterocycles. The second-order valence-corrected chi connectivity index (χ2v) is 10.4. The van der Waals surface area contributed by atoms with Crippen molar-refractivity contribution in [3.05, 3.63) is 65.7 Å². The van der Waals surface area contributed by atoms with Crippen LogP contribution in [0.5, 0.6) is 0 Å². The standard InChI is InChI=1S/C26H37N3O4S/c1-6-20(4)27-26(31)23(8-3)28(18-21-14-10-9-11-15-21)25(30)19-29(34(5,32)33)24-17-13-12-16-22(24)7-2/h9-17,20,23H,6-8,18-19H2,1-5H3,(H,27,31). The molecule has 7 nitrogen and oxygen atoms in total. The average Bonchev–Trinajstić information content (AvgIpc) is 2.82. The van der Waals surface area contributed by atoms with Crippen molar-refractivity contribution in [3.63, 3.8) is 0 Å². The van der Waals surface area contributed by atoms with Gasteiger partial charge in [0.05, 0.1) is 11.9 Å². The summed E-state index contributed by atoms with van der Waals surface area (Å²) in [6.07, 6.45) is 2.90. The molecule has 8 heteroatoms. The number of nitrogens with zero attached hydrogens (tertiary/aromatic N) is 2. The van der Waals surface area contributed by atoms with Gasteiger partial charge in [0.15, 0.2) is 0 Å². The number of rotatable bonds is 12. The molecule has 34 heavy (non-hydrogen) atoms. The zero-order valence-electron chi connectivity index (χ0n) is 20.8. The van der Waals surface area contributed by atoms with Gasteiger partial charge in [0.2, 0.25) is 21.8 Å². The van der Waals surface area contributed by atoms with E-state index in [2.05, 4.69) is 5.32 Å². The van der Waals surface area contributed by atoms with Gasteiger partial charge >= 0.3 is 0 Å². The molecule has 2 atom stereocenters. The van der Waals surface area contributed by atoms with Gasteiger partial charge in [-0.05, 0) is 43.4 Å². The summed E-state index contributed by atoms with van der Waals surface area (Å²) in [5.41, 5.74) is 2.18. The van der Waals surface area contributed by atoms with Crippen LogP contribution in [0, 0.1) is 0 Å². The first-order chi connectivity index (χ1) is 16.1. The van der Waals surface area contributed by atoms with Gasteiger partial charge in [-0.25, -0.2) is 8.42 Å². The van der Waals surface area contributed by atoms with E-state index < -0.39 is 22.0 Å². The Morgan fingerprint density at radius 3 is 2.12 bits per heavy atom. The van der Waals surface area contributed by atoms with Crippen LogP contribution in [0.25, 0.3) is 0 Å². The van der Waals surface area contributed by atoms with Gasteiger partial charge in [0, 0.05) is 12.6 Å². The molecule has 2 unspecified atom stereocenters.